The van der Waals surface area contributed by atoms with Crippen LogP contribution in [0.25, 0.3) is 0 Å². The molecular formula is C68H107I2N7O13. The number of aliphatic carboxylic acids is 1. The summed E-state index contributed by atoms with van der Waals surface area (Å²) in [4.78, 5) is 149. The lowest BCUT2D eigenvalue weighted by molar-refractivity contribution is -0.149. The van der Waals surface area contributed by atoms with E-state index in [4.69, 9.17) is 9.47 Å². The number of unbranched alkanes of at least 4 members (excludes halogenated alkanes) is 3. The molecule has 15 atom stereocenters. The van der Waals surface area contributed by atoms with E-state index >= 15 is 0 Å². The molecule has 0 spiro atoms. The molecule has 0 aromatic heterocycles. The van der Waals surface area contributed by atoms with Crippen molar-refractivity contribution in [2.24, 2.45) is 41.4 Å². The van der Waals surface area contributed by atoms with Crippen molar-refractivity contribution < 1.29 is 62.5 Å². The molecule has 4 aliphatic rings. The van der Waals surface area contributed by atoms with E-state index in [0.717, 1.165) is 30.4 Å². The number of nitrogens with zero attached hydrogens (tertiary/aromatic N) is 5. The molecule has 0 aliphatic carbocycles. The molecular weight excluding hydrogens is 1380 g/mol. The highest BCUT2D eigenvalue weighted by molar-refractivity contribution is 14.1. The number of carboxylic acid groups (broad SMARTS) is 1. The monoisotopic (exact) mass is 1480 g/mol. The van der Waals surface area contributed by atoms with E-state index < -0.39 is 120 Å². The molecule has 3 N–H and O–H groups in total. The number of alkyl halides is 2. The third-order valence-corrected chi connectivity index (χ3v) is 22.6. The number of likely N-dealkylation sites (N-methyl/N-ethyl adjacent to an activating group) is 2. The van der Waals surface area contributed by atoms with E-state index in [2.05, 4.69) is 89.6 Å². The van der Waals surface area contributed by atoms with Crippen molar-refractivity contribution in [2.45, 2.75) is 247 Å². The van der Waals surface area contributed by atoms with Gasteiger partial charge in [0.15, 0.2) is 0 Å². The summed E-state index contributed by atoms with van der Waals surface area (Å²) in [5, 5.41) is 16.1. The first-order valence-corrected chi connectivity index (χ1v) is 35.2. The van der Waals surface area contributed by atoms with Crippen LogP contribution in [0.15, 0.2) is 24.3 Å². The lowest BCUT2D eigenvalue weighted by Crippen LogP contribution is -2.60. The van der Waals surface area contributed by atoms with Crippen LogP contribution in [0.3, 0.4) is 0 Å². The van der Waals surface area contributed by atoms with E-state index in [-0.39, 0.29) is 80.5 Å². The number of imide groups is 2. The van der Waals surface area contributed by atoms with Gasteiger partial charge in [0.2, 0.25) is 53.2 Å². The first-order valence-electron chi connectivity index (χ1n) is 33.1. The molecule has 4 aliphatic heterocycles. The number of fused-ring (bicyclic) bond motifs is 4. The Morgan fingerprint density at radius 3 is 2.08 bits per heavy atom. The first kappa shape index (κ1) is 76.4. The van der Waals surface area contributed by atoms with Gasteiger partial charge in [-0.3, -0.25) is 53.0 Å². The summed E-state index contributed by atoms with van der Waals surface area (Å²) in [5.74, 6) is -7.68. The minimum absolute atomic E-state index is 0.0170. The Kier molecular flexibility index (Phi) is 28.6. The van der Waals surface area contributed by atoms with E-state index in [1.807, 2.05) is 39.0 Å². The molecule has 6 unspecified atom stereocenters. The van der Waals surface area contributed by atoms with Gasteiger partial charge < -0.3 is 39.9 Å². The Hall–Kier alpha value is -4.30. The van der Waals surface area contributed by atoms with Crippen molar-refractivity contribution in [2.75, 3.05) is 41.4 Å². The quantitative estimate of drug-likeness (QED) is 0.0264. The van der Waals surface area contributed by atoms with E-state index in [1.165, 1.54) is 48.8 Å². The average Bonchev–Trinajstić information content (AvgIpc) is 1.62. The molecule has 0 saturated carbocycles. The average molecular weight is 1480 g/mol. The Morgan fingerprint density at radius 1 is 0.822 bits per heavy atom. The van der Waals surface area contributed by atoms with E-state index in [9.17, 15) is 53.1 Å². The summed E-state index contributed by atoms with van der Waals surface area (Å²) in [5.41, 5.74) is 1.94. The third kappa shape index (κ3) is 18.5. The lowest BCUT2D eigenvalue weighted by atomic mass is 9.75. The number of halogens is 2. The molecule has 90 heavy (non-hydrogen) atoms. The largest absolute Gasteiger partial charge is 0.480 e. The Morgan fingerprint density at radius 2 is 1.49 bits per heavy atom. The zero-order valence-corrected chi connectivity index (χ0v) is 60.9. The van der Waals surface area contributed by atoms with Crippen molar-refractivity contribution in [1.29, 1.82) is 0 Å². The van der Waals surface area contributed by atoms with Crippen LogP contribution in [-0.4, -0.2) is 185 Å². The molecule has 1 aromatic carbocycles. The van der Waals surface area contributed by atoms with Crippen LogP contribution in [0, 0.1) is 41.4 Å². The standard InChI is InChI=1S/C68H107I2N7O13/c1-17-19-20-21-24-43(10)46-26-22-25-45(31-46)32-50(66(87)88)71-61(82)44(11)60(90-16)51-27-23-30-75(51)55(80)35-52(89-15)59(42(9)18-2)74(14)65(86)57(40(5)6)72-62(83)58(41(7)8)73(13)53(78)29-28-47-37-76-54(79)34-49(63(76)84)68(70,36-39(3)4)38-67(12,69)48-33-56(81)77(47)64(48)85/h22,25-26,31,39-44,47-52,57-60H,17-21,23-24,27-30,32-38H2,1-16H3,(H,71,82)(H,72,83)(H,87,88)/t42-,43?,44+,47?,48?,49?,50-,51-,52+,57-,58-,59-,60+,67?,68?/m0/s1. The summed E-state index contributed by atoms with van der Waals surface area (Å²) < 4.78 is 10.8. The van der Waals surface area contributed by atoms with Crippen molar-refractivity contribution in [3.63, 3.8) is 0 Å². The minimum Gasteiger partial charge on any atom is -0.480 e. The van der Waals surface area contributed by atoms with Crippen LogP contribution in [0.4, 0.5) is 0 Å². The number of carbonyl (C=O) groups is 10. The molecule has 506 valence electrons. The van der Waals surface area contributed by atoms with Gasteiger partial charge in [-0.15, -0.1) is 0 Å². The van der Waals surface area contributed by atoms with E-state index in [0.29, 0.717) is 44.6 Å². The molecule has 22 heteroatoms. The fourth-order valence-electron chi connectivity index (χ4n) is 14.6. The maximum atomic E-state index is 15.0. The number of likely N-dealkylation sites (tertiary alicyclic amines) is 1. The molecule has 4 bridgehead atoms. The van der Waals surface area contributed by atoms with Gasteiger partial charge in [0, 0.05) is 73.9 Å². The fourth-order valence-corrected chi connectivity index (χ4v) is 18.7. The fraction of sp³-hybridized carbons (Fsp3) is 0.765. The van der Waals surface area contributed by atoms with Gasteiger partial charge in [0.1, 0.15) is 18.1 Å². The van der Waals surface area contributed by atoms with Gasteiger partial charge >= 0.3 is 5.97 Å². The van der Waals surface area contributed by atoms with Crippen LogP contribution in [-0.2, 0) is 63.8 Å². The van der Waals surface area contributed by atoms with Crippen LogP contribution in [0.1, 0.15) is 196 Å². The topological polar surface area (TPSA) is 250 Å². The maximum absolute atomic E-state index is 15.0. The maximum Gasteiger partial charge on any atom is 0.326 e. The summed E-state index contributed by atoms with van der Waals surface area (Å²) >= 11 is 4.59. The zero-order valence-electron chi connectivity index (χ0n) is 56.6. The highest BCUT2D eigenvalue weighted by Gasteiger charge is 2.59. The Labute approximate surface area is 563 Å². The second kappa shape index (κ2) is 33.7. The predicted molar refractivity (Wildman–Crippen MR) is 362 cm³/mol. The summed E-state index contributed by atoms with van der Waals surface area (Å²) in [7, 11) is 6.11. The van der Waals surface area contributed by atoms with E-state index in [1.54, 1.807) is 51.5 Å². The van der Waals surface area contributed by atoms with Gasteiger partial charge in [-0.2, -0.15) is 0 Å². The molecule has 1 aromatic rings. The van der Waals surface area contributed by atoms with Crippen LogP contribution < -0.4 is 10.6 Å². The minimum atomic E-state index is -1.20. The number of amides is 9. The first-order chi connectivity index (χ1) is 42.2. The molecule has 20 nitrogen and oxygen atoms in total. The number of carboxylic acids is 1. The predicted octanol–water partition coefficient (Wildman–Crippen LogP) is 9.13. The molecule has 4 heterocycles. The Bertz CT molecular complexity index is 2710. The van der Waals surface area contributed by atoms with Crippen LogP contribution in [0.2, 0.25) is 0 Å². The van der Waals surface area contributed by atoms with Crippen LogP contribution >= 0.6 is 45.2 Å². The number of hydrogen-bond acceptors (Lipinski definition) is 12. The van der Waals surface area contributed by atoms with Crippen molar-refractivity contribution in [3.8, 4) is 0 Å². The summed E-state index contributed by atoms with van der Waals surface area (Å²) in [6.07, 6.45) is 6.58. The van der Waals surface area contributed by atoms with Crippen molar-refractivity contribution >= 4 is 104 Å². The van der Waals surface area contributed by atoms with Crippen molar-refractivity contribution in [3.05, 3.63) is 35.4 Å². The molecule has 5 rings (SSSR count). The number of methoxy groups -OCH3 is 2. The van der Waals surface area contributed by atoms with Gasteiger partial charge in [0.05, 0.1) is 54.5 Å². The SMILES string of the molecule is CCCCCCC(C)c1cccc(C[C@H](NC(=O)[C@H](C)[C@@H](OC)[C@@H]2CCCN2C(=O)C[C@@H](OC)[C@H]([C@@H](C)CC)N(C)C(=O)[C@@H](NC(=O)[C@H](C(C)C)N(C)C(=O)CCC2CN3C(=O)CC(C3=O)C(I)(CC(C)C)CC(C)(I)C3CC(=O)N2C3=O)C(C)C)C(=O)O)c1. The second-order valence-electron chi connectivity index (χ2n) is 27.8. The summed E-state index contributed by atoms with van der Waals surface area (Å²) in [6.45, 7) is 23.4. The number of carbonyl (C=O) groups excluding carboxylic acids is 9. The number of hydrogen-bond donors (Lipinski definition) is 3. The van der Waals surface area contributed by atoms with Crippen molar-refractivity contribution in [1.82, 2.24) is 35.1 Å². The number of ether oxygens (including phenoxy) is 2. The zero-order chi connectivity index (χ0) is 67.4. The van der Waals surface area contributed by atoms with Crippen LogP contribution in [0.5, 0.6) is 0 Å². The Balaban J connectivity index is 1.28. The number of nitrogens with one attached hydrogen (secondary N) is 2. The van der Waals surface area contributed by atoms with Gasteiger partial charge in [-0.25, -0.2) is 4.79 Å². The van der Waals surface area contributed by atoms with Gasteiger partial charge in [-0.1, -0.05) is 178 Å². The lowest BCUT2D eigenvalue weighted by Gasteiger charge is -2.41. The smallest absolute Gasteiger partial charge is 0.326 e. The third-order valence-electron chi connectivity index (χ3n) is 19.9. The van der Waals surface area contributed by atoms with Gasteiger partial charge in [-0.05, 0) is 86.2 Å². The molecule has 4 saturated heterocycles. The normalized spacial score (nSPS) is 25.1. The number of rotatable bonds is 32. The molecule has 9 amide bonds. The van der Waals surface area contributed by atoms with Gasteiger partial charge in [0.25, 0.3) is 0 Å². The summed E-state index contributed by atoms with van der Waals surface area (Å²) in [6, 6.07) is 2.39. The highest BCUT2D eigenvalue weighted by Crippen LogP contribution is 2.53. The highest BCUT2D eigenvalue weighted by atomic mass is 127. The molecule has 4 fully saturated rings. The second-order valence-corrected chi connectivity index (χ2v) is 32.5. The number of benzene rings is 1. The molecule has 0 radical (unpaired) electrons.